The van der Waals surface area contributed by atoms with Crippen molar-refractivity contribution < 1.29 is 90.2 Å². The van der Waals surface area contributed by atoms with E-state index in [4.69, 9.17) is 53.4 Å². The second-order valence-corrected chi connectivity index (χ2v) is 37.7. The number of ketones is 1. The number of methoxy groups -OCH3 is 1. The number of amides is 8. The van der Waals surface area contributed by atoms with Gasteiger partial charge in [0.2, 0.25) is 35.5 Å². The van der Waals surface area contributed by atoms with E-state index in [9.17, 15) is 85.5 Å². The first kappa shape index (κ1) is 101. The lowest BCUT2D eigenvalue weighted by Gasteiger charge is -2.22. The Labute approximate surface area is 782 Å². The number of anilines is 3. The van der Waals surface area contributed by atoms with Crippen molar-refractivity contribution in [2.75, 3.05) is 84.9 Å². The number of hydrazine groups is 1. The van der Waals surface area contributed by atoms with Crippen LogP contribution < -0.4 is 69.6 Å². The number of carbonyl (C=O) groups is 12. The summed E-state index contributed by atoms with van der Waals surface area (Å²) in [5.41, 5.74) is 22.5. The second-order valence-electron chi connectivity index (χ2n) is 32.7. The number of aromatic amines is 2. The molecule has 3 unspecified atom stereocenters. The first-order valence-electron chi connectivity index (χ1n) is 43.4. The number of hydrogen-bond donors (Lipinski definition) is 16. The number of halogens is 2. The van der Waals surface area contributed by atoms with Gasteiger partial charge in [-0.3, -0.25) is 72.9 Å². The van der Waals surface area contributed by atoms with Crippen molar-refractivity contribution in [1.29, 1.82) is 0 Å². The lowest BCUT2D eigenvalue weighted by Crippen LogP contribution is -2.54. The fourth-order valence-electron chi connectivity index (χ4n) is 16.8. The van der Waals surface area contributed by atoms with Crippen LogP contribution in [-0.4, -0.2) is 239 Å². The molecular weight excluding hydrogens is 1830 g/mol. The van der Waals surface area contributed by atoms with Gasteiger partial charge < -0.3 is 82.4 Å². The molecule has 0 fully saturated rings. The summed E-state index contributed by atoms with van der Waals surface area (Å²) in [7, 11) is 0.531. The number of Topliss-reactive ketones (excluding diaryl/α,β-unsaturated/α-hetero) is 1. The molecule has 0 saturated carbocycles. The molecule has 8 heterocycles. The first-order valence-corrected chi connectivity index (χ1v) is 48.5. The summed E-state index contributed by atoms with van der Waals surface area (Å²) in [5, 5.41) is 41.7. The summed E-state index contributed by atoms with van der Waals surface area (Å²) >= 11 is 12.2. The molecule has 4 aromatic heterocycles. The largest absolute Gasteiger partial charge is 0.480 e. The van der Waals surface area contributed by atoms with Gasteiger partial charge in [0.1, 0.15) is 36.6 Å². The zero-order chi connectivity index (χ0) is 96.2. The van der Waals surface area contributed by atoms with Crippen molar-refractivity contribution in [2.24, 2.45) is 46.6 Å². The van der Waals surface area contributed by atoms with Crippen LogP contribution in [-0.2, 0) is 94.0 Å². The third-order valence-corrected chi connectivity index (χ3v) is 27.3. The van der Waals surface area contributed by atoms with Gasteiger partial charge in [0.15, 0.2) is 16.9 Å². The van der Waals surface area contributed by atoms with Crippen molar-refractivity contribution in [3.8, 4) is 0 Å². The number of imidazole rings is 1. The Morgan fingerprint density at radius 1 is 0.774 bits per heavy atom. The maximum atomic E-state index is 14.2. The van der Waals surface area contributed by atoms with Crippen LogP contribution in [0.5, 0.6) is 0 Å². The zero-order valence-corrected chi connectivity index (χ0v) is 78.4. The van der Waals surface area contributed by atoms with Crippen LogP contribution in [0, 0.1) is 36.5 Å². The molecule has 133 heavy (non-hydrogen) atoms. The maximum absolute atomic E-state index is 14.2. The number of alkyl halides is 2. The number of aryl methyl sites for hydroxylation is 2. The van der Waals surface area contributed by atoms with Gasteiger partial charge in [-0.2, -0.15) is 13.4 Å². The zero-order valence-electron chi connectivity index (χ0n) is 74.4. The number of hydrogen-bond acceptors (Lipinski definition) is 29. The number of carboxylic acid groups (broad SMARTS) is 2. The average Bonchev–Trinajstić information content (AvgIpc) is 1.57. The van der Waals surface area contributed by atoms with E-state index >= 15 is 0 Å². The topological polar surface area (TPSA) is 598 Å². The molecule has 0 radical (unpaired) electrons. The minimum Gasteiger partial charge on any atom is -0.480 e. The Bertz CT molecular complexity index is 5850. The number of rotatable bonds is 45. The number of carbonyl (C=O) groups excluding carboxylic acids is 10. The molecule has 2 aromatic carbocycles. The van der Waals surface area contributed by atoms with Gasteiger partial charge in [-0.15, -0.1) is 23.2 Å². The van der Waals surface area contributed by atoms with Crippen LogP contribution in [0.25, 0.3) is 33.8 Å². The summed E-state index contributed by atoms with van der Waals surface area (Å²) in [6.45, 7) is 12.2. The van der Waals surface area contributed by atoms with Gasteiger partial charge in [-0.05, 0) is 137 Å². The predicted molar refractivity (Wildman–Crippen MR) is 501 cm³/mol. The molecule has 4 aliphatic heterocycles. The van der Waals surface area contributed by atoms with E-state index in [2.05, 4.69) is 103 Å². The van der Waals surface area contributed by atoms with Gasteiger partial charge in [-0.1, -0.05) is 42.4 Å². The quantitative estimate of drug-likeness (QED) is 0.00557. The molecule has 714 valence electrons. The van der Waals surface area contributed by atoms with E-state index in [0.717, 1.165) is 89.9 Å². The van der Waals surface area contributed by atoms with Crippen molar-refractivity contribution >= 4 is 189 Å². The lowest BCUT2D eigenvalue weighted by atomic mass is 9.83. The van der Waals surface area contributed by atoms with E-state index in [1.165, 1.54) is 37.6 Å². The number of ether oxygens (including phenoxy) is 2. The summed E-state index contributed by atoms with van der Waals surface area (Å²) in [6.07, 6.45) is 4.91. The smallest absolute Gasteiger partial charge is 0.426 e. The molecule has 17 N–H and O–H groups in total. The highest BCUT2D eigenvalue weighted by molar-refractivity contribution is 8.76. The Hall–Kier alpha value is -12.3. The Kier molecular flexibility index (Phi) is 35.3. The van der Waals surface area contributed by atoms with Crippen molar-refractivity contribution in [3.05, 3.63) is 133 Å². The fourth-order valence-corrected chi connectivity index (χ4v) is 19.5. The van der Waals surface area contributed by atoms with Crippen LogP contribution in [0.1, 0.15) is 150 Å². The Balaban J connectivity index is 0.689. The SMILES string of the molecule is CC[C@H]1/C2=C/c3[nH]c4c(c3C)CC(C(=O)OC)/C4=C3N=C(/C=C4\NC(CC(=N2)[C@@H]1C)C(C(C)=O)=C4C)[C@@H](C)[C@@H]/3CCC(=O)NCCCC(NC(=O)CCCc1nc2ccc(N(CCCl)CCCl)cc2n1C)C(=O)NNC(=O)OCCSSC[C@H](NC(=O)[C@H](CC(=O)NCCS(=O)(=O)O)NC(=O)CC[C@H](NC(=O)c1ccc(NCc2cnc3nc(N)[nH]c(=O)c3n2)cc1)C(=O)O)C(=O)O. The molecule has 41 nitrogen and oxygen atoms in total. The van der Waals surface area contributed by atoms with E-state index < -0.39 is 137 Å². The molecule has 6 aromatic rings. The summed E-state index contributed by atoms with van der Waals surface area (Å²) < 4.78 is 44.7. The molecule has 0 saturated heterocycles. The summed E-state index contributed by atoms with van der Waals surface area (Å²) in [5.74, 6) is -10.6. The van der Waals surface area contributed by atoms with Crippen LogP contribution in [0.4, 0.5) is 22.1 Å². The predicted octanol–water partition coefficient (Wildman–Crippen LogP) is 5.54. The number of benzene rings is 2. The third kappa shape index (κ3) is 26.4. The van der Waals surface area contributed by atoms with E-state index in [-0.39, 0.29) is 121 Å². The molecule has 46 heteroatoms. The number of nitrogens with one attached hydrogen (secondary N) is 12. The highest BCUT2D eigenvalue weighted by Gasteiger charge is 2.45. The normalized spacial score (nSPS) is 19.4. The molecule has 5 aliphatic rings. The molecule has 11 rings (SSSR count). The van der Waals surface area contributed by atoms with Gasteiger partial charge in [0.05, 0.1) is 66.4 Å². The third-order valence-electron chi connectivity index (χ3n) is 23.8. The number of allylic oxidation sites excluding steroid dienone is 4. The second kappa shape index (κ2) is 46.4. The minimum absolute atomic E-state index is 0.00668. The number of fused-ring (bicyclic) bond motifs is 7. The van der Waals surface area contributed by atoms with Crippen molar-refractivity contribution in [3.63, 3.8) is 0 Å². The van der Waals surface area contributed by atoms with Gasteiger partial charge in [-0.25, -0.2) is 34.8 Å². The Morgan fingerprint density at radius 2 is 1.50 bits per heavy atom. The van der Waals surface area contributed by atoms with Crippen LogP contribution >= 0.6 is 44.8 Å². The van der Waals surface area contributed by atoms with E-state index in [1.54, 1.807) is 6.92 Å². The van der Waals surface area contributed by atoms with Crippen molar-refractivity contribution in [1.82, 2.24) is 82.5 Å². The number of aliphatic carboxylic acids is 2. The van der Waals surface area contributed by atoms with Crippen LogP contribution in [0.2, 0.25) is 0 Å². The number of aromatic nitrogens is 7. The summed E-state index contributed by atoms with van der Waals surface area (Å²) in [6, 6.07) is 4.69. The number of nitrogens with two attached hydrogens (primary N) is 1. The molecule has 8 amide bonds. The minimum atomic E-state index is -4.57. The standard InChI is InChI=1S/C87H109Cl2N21O20S3/c1-9-52-43(2)59-38-64-73(47(6)111)46(5)62(97-64)36-60-44(3)53(75(101-60)74-55(85(124)129-8)35-54-45(4)61(102-76(54)74)37-63(52)96-59)20-23-69(112)91-27-11-12-57(99-70(113)14-10-13-68-98-56-21-19-51(34-67(56)109(68)7)110(29-25-88)30-26-89)81(118)107-108-87(125)130-31-32-131-132-42-66(84(122)123)104-80(117)65(39-72(115)92-28-33-133(126,127)128)100-71(114)24-22-58(83(120)121)103-79(116)48-15-17-49(18-16-48)93-40-50-41-94-78-77(95-50)82(119)106-86(90)105-78/h15-19,21,34,36-37,41,43-44,52-53,55,57-58,64-66,93,97,102H,9-14,20,22-33,35,38-40,42H2,1-8H3,(H,91,112)(H,92,115)(H,99,113)(H,100,114)(H,103,116)(H,104,117)(H,107,118)(H,108,125)(H,120,121)(H,122,123)(H,126,127,128)(H3,90,94,105,106,119)/b62-36-,63-37-,75-74-/t43-,44+,52-,53+,55?,57?,58+,64?,65+,66+/m1/s1. The number of carboxylic acids is 2. The molecule has 8 bridgehead atoms. The molecule has 10 atom stereocenters. The average molecular weight is 1940 g/mol. The van der Waals surface area contributed by atoms with Gasteiger partial charge in [0, 0.05) is 175 Å². The maximum Gasteiger partial charge on any atom is 0.426 e. The number of aliphatic imine (C=N–C) groups is 2. The van der Waals surface area contributed by atoms with E-state index in [0.29, 0.717) is 96.7 Å². The number of esters is 1. The number of nitrogen functional groups attached to an aromatic ring is 1. The van der Waals surface area contributed by atoms with Crippen LogP contribution in [0.3, 0.4) is 0 Å². The number of nitrogens with zero attached hydrogens (tertiary/aromatic N) is 8. The molecule has 1 aliphatic carbocycles. The molecular formula is C87H109Cl2N21O20S3. The first-order chi connectivity index (χ1) is 63.4. The molecule has 0 spiro atoms. The van der Waals surface area contributed by atoms with E-state index in [1.807, 2.05) is 56.7 Å². The Morgan fingerprint density at radius 3 is 2.20 bits per heavy atom. The van der Waals surface area contributed by atoms with Gasteiger partial charge >= 0.3 is 24.0 Å². The van der Waals surface area contributed by atoms with Crippen LogP contribution in [0.15, 0.2) is 97.8 Å². The number of H-pyrrole nitrogens is 2. The highest BCUT2D eigenvalue weighted by atomic mass is 35.5. The summed E-state index contributed by atoms with van der Waals surface area (Å²) in [4.78, 5) is 210. The fraction of sp³-hybridized carbons (Fsp3) is 0.483. The van der Waals surface area contributed by atoms with Gasteiger partial charge in [0.25, 0.3) is 27.5 Å². The highest BCUT2D eigenvalue weighted by Crippen LogP contribution is 2.50. The van der Waals surface area contributed by atoms with Crippen molar-refractivity contribution in [2.45, 2.75) is 162 Å². The monoisotopic (exact) mass is 1930 g/mol. The lowest BCUT2D eigenvalue weighted by molar-refractivity contribution is -0.143.